The number of carboxylic acids is 1. The molecule has 7 N–H and O–H groups in total. The summed E-state index contributed by atoms with van der Waals surface area (Å²) in [4.78, 5) is 33.7. The molecule has 0 saturated carbocycles. The molecule has 148 valence electrons. The molecule has 1 saturated heterocycles. The van der Waals surface area contributed by atoms with Gasteiger partial charge in [-0.2, -0.15) is 0 Å². The number of aliphatic hydroxyl groups excluding tert-OH is 1. The minimum atomic E-state index is -1.32. The molecule has 3 aliphatic rings. The highest BCUT2D eigenvalue weighted by Crippen LogP contribution is 2.41. The molecule has 4 rings (SSSR count). The number of carbonyl (C=O) groups is 2. The second kappa shape index (κ2) is 6.37. The van der Waals surface area contributed by atoms with Crippen molar-refractivity contribution in [3.63, 3.8) is 0 Å². The molecule has 1 spiro atoms. The zero-order chi connectivity index (χ0) is 20.1. The molecule has 1 aromatic rings. The number of carbonyl (C=O) groups excluding carboxylic acids is 1. The Balaban J connectivity index is 1.64. The first kappa shape index (κ1) is 18.0. The molecule has 0 amide bonds. The monoisotopic (exact) mass is 388 g/mol. The highest BCUT2D eigenvalue weighted by Gasteiger charge is 2.66. The molecule has 28 heavy (non-hydrogen) atoms. The third-order valence-corrected chi connectivity index (χ3v) is 5.26. The average molecular weight is 388 g/mol. The lowest BCUT2D eigenvalue weighted by Gasteiger charge is -2.45. The first-order valence-corrected chi connectivity index (χ1v) is 8.71. The Labute approximate surface area is 159 Å². The van der Waals surface area contributed by atoms with Crippen molar-refractivity contribution in [1.82, 2.24) is 10.2 Å². The topological polar surface area (TPSA) is 176 Å². The summed E-state index contributed by atoms with van der Waals surface area (Å²) in [6.07, 6.45) is -2.54. The standard InChI is InChI=1S/C17H20N6O5/c18-15-21-12-9(6-11(24)25)20-16(19)23-7-10(13(26)17(12,23)22-15)28-14(27)8-4-2-1-3-5-8/h1-5,9-10,12-13,26H,6-7H2,(H2,19,20)(H,24,25)(H3,18,21,22)/t9?,10-,12?,13+,17?/m0/s1. The number of carboxylic acid groups (broad SMARTS) is 1. The van der Waals surface area contributed by atoms with Gasteiger partial charge in [-0.05, 0) is 12.1 Å². The lowest BCUT2D eigenvalue weighted by molar-refractivity contribution is -0.137. The second-order valence-electron chi connectivity index (χ2n) is 6.93. The van der Waals surface area contributed by atoms with Crippen LogP contribution in [-0.2, 0) is 9.53 Å². The van der Waals surface area contributed by atoms with Crippen molar-refractivity contribution in [3.8, 4) is 0 Å². The molecule has 3 aliphatic heterocycles. The Morgan fingerprint density at radius 2 is 2.00 bits per heavy atom. The van der Waals surface area contributed by atoms with Crippen LogP contribution in [0, 0.1) is 0 Å². The van der Waals surface area contributed by atoms with E-state index in [-0.39, 0.29) is 24.9 Å². The van der Waals surface area contributed by atoms with Crippen molar-refractivity contribution in [2.75, 3.05) is 6.54 Å². The zero-order valence-electron chi connectivity index (χ0n) is 14.7. The number of ether oxygens (including phenoxy) is 1. The number of nitrogens with two attached hydrogens (primary N) is 2. The molecule has 11 heteroatoms. The number of esters is 1. The van der Waals surface area contributed by atoms with Crippen molar-refractivity contribution in [2.45, 2.75) is 36.4 Å². The molecular weight excluding hydrogens is 368 g/mol. The van der Waals surface area contributed by atoms with E-state index < -0.39 is 41.9 Å². The Kier molecular flexibility index (Phi) is 4.11. The molecule has 0 radical (unpaired) electrons. The first-order chi connectivity index (χ1) is 13.3. The zero-order valence-corrected chi connectivity index (χ0v) is 14.7. The predicted octanol–water partition coefficient (Wildman–Crippen LogP) is -1.96. The number of aliphatic hydroxyl groups is 1. The van der Waals surface area contributed by atoms with E-state index in [1.165, 1.54) is 4.90 Å². The van der Waals surface area contributed by atoms with Crippen LogP contribution in [0.5, 0.6) is 0 Å². The fraction of sp³-hybridized carbons (Fsp3) is 0.412. The van der Waals surface area contributed by atoms with E-state index in [0.29, 0.717) is 5.56 Å². The predicted molar refractivity (Wildman–Crippen MR) is 97.3 cm³/mol. The van der Waals surface area contributed by atoms with Crippen LogP contribution in [0.2, 0.25) is 0 Å². The number of guanidine groups is 2. The SMILES string of the molecule is NC1=NC2C(CC(=O)O)N=C(N)N3C[C@H](OC(=O)c4ccccc4)[C@@H](O)C23N1. The van der Waals surface area contributed by atoms with E-state index in [0.717, 1.165) is 0 Å². The van der Waals surface area contributed by atoms with Gasteiger partial charge in [0, 0.05) is 0 Å². The van der Waals surface area contributed by atoms with E-state index in [2.05, 4.69) is 15.3 Å². The Hall–Kier alpha value is -3.34. The summed E-state index contributed by atoms with van der Waals surface area (Å²) in [5, 5.41) is 23.2. The number of aliphatic carboxylic acids is 1. The lowest BCUT2D eigenvalue weighted by atomic mass is 9.87. The minimum absolute atomic E-state index is 0.0252. The van der Waals surface area contributed by atoms with Gasteiger partial charge in [-0.25, -0.2) is 14.8 Å². The fourth-order valence-corrected chi connectivity index (χ4v) is 4.10. The van der Waals surface area contributed by atoms with Crippen molar-refractivity contribution in [3.05, 3.63) is 35.9 Å². The van der Waals surface area contributed by atoms with Gasteiger partial charge in [0.05, 0.1) is 24.6 Å². The van der Waals surface area contributed by atoms with Crippen LogP contribution in [0.1, 0.15) is 16.8 Å². The maximum atomic E-state index is 12.4. The molecule has 1 aromatic carbocycles. The van der Waals surface area contributed by atoms with E-state index in [4.69, 9.17) is 16.2 Å². The van der Waals surface area contributed by atoms with Gasteiger partial charge in [-0.1, -0.05) is 18.2 Å². The number of nitrogens with one attached hydrogen (secondary N) is 1. The summed E-state index contributed by atoms with van der Waals surface area (Å²) in [6.45, 7) is 0.0567. The summed E-state index contributed by atoms with van der Waals surface area (Å²) in [5.41, 5.74) is 10.9. The average Bonchev–Trinajstić information content (AvgIpc) is 3.14. The van der Waals surface area contributed by atoms with Crippen LogP contribution >= 0.6 is 0 Å². The minimum Gasteiger partial charge on any atom is -0.481 e. The van der Waals surface area contributed by atoms with Crippen molar-refractivity contribution in [1.29, 1.82) is 0 Å². The van der Waals surface area contributed by atoms with E-state index in [1.54, 1.807) is 30.3 Å². The first-order valence-electron chi connectivity index (χ1n) is 8.71. The molecular formula is C17H20N6O5. The third kappa shape index (κ3) is 2.62. The fourth-order valence-electron chi connectivity index (χ4n) is 4.10. The molecule has 0 aromatic heterocycles. The van der Waals surface area contributed by atoms with Gasteiger partial charge in [-0.3, -0.25) is 4.79 Å². The number of nitrogens with zero attached hydrogens (tertiary/aromatic N) is 3. The van der Waals surface area contributed by atoms with E-state index >= 15 is 0 Å². The Morgan fingerprint density at radius 1 is 1.29 bits per heavy atom. The normalized spacial score (nSPS) is 33.2. The summed E-state index contributed by atoms with van der Waals surface area (Å²) < 4.78 is 5.52. The largest absolute Gasteiger partial charge is 0.481 e. The highest BCUT2D eigenvalue weighted by molar-refractivity contribution is 5.90. The van der Waals surface area contributed by atoms with Crippen LogP contribution in [0.4, 0.5) is 0 Å². The maximum Gasteiger partial charge on any atom is 0.338 e. The molecule has 3 unspecified atom stereocenters. The number of benzene rings is 1. The van der Waals surface area contributed by atoms with Gasteiger partial charge >= 0.3 is 11.9 Å². The molecule has 0 bridgehead atoms. The number of rotatable bonds is 4. The maximum absolute atomic E-state index is 12.4. The van der Waals surface area contributed by atoms with Crippen LogP contribution in [0.15, 0.2) is 40.3 Å². The van der Waals surface area contributed by atoms with Crippen LogP contribution in [0.25, 0.3) is 0 Å². The summed E-state index contributed by atoms with van der Waals surface area (Å²) in [6, 6.07) is 6.76. The number of aliphatic imine (C=N–C) groups is 2. The smallest absolute Gasteiger partial charge is 0.338 e. The van der Waals surface area contributed by atoms with Crippen LogP contribution in [-0.4, -0.2) is 75.5 Å². The highest BCUT2D eigenvalue weighted by atomic mass is 16.6. The van der Waals surface area contributed by atoms with Crippen LogP contribution < -0.4 is 16.8 Å². The molecule has 11 nitrogen and oxygen atoms in total. The van der Waals surface area contributed by atoms with Crippen LogP contribution in [0.3, 0.4) is 0 Å². The van der Waals surface area contributed by atoms with Crippen molar-refractivity contribution < 1.29 is 24.5 Å². The van der Waals surface area contributed by atoms with Gasteiger partial charge in [0.15, 0.2) is 17.6 Å². The summed E-state index contributed by atoms with van der Waals surface area (Å²) in [7, 11) is 0. The van der Waals surface area contributed by atoms with E-state index in [9.17, 15) is 19.8 Å². The van der Waals surface area contributed by atoms with Crippen molar-refractivity contribution >= 4 is 23.9 Å². The van der Waals surface area contributed by atoms with Gasteiger partial charge < -0.3 is 36.6 Å². The van der Waals surface area contributed by atoms with Crippen molar-refractivity contribution in [2.24, 2.45) is 21.5 Å². The van der Waals surface area contributed by atoms with Gasteiger partial charge in [0.2, 0.25) is 0 Å². The Bertz CT molecular complexity index is 874. The van der Waals surface area contributed by atoms with Gasteiger partial charge in [0.1, 0.15) is 18.2 Å². The second-order valence-corrected chi connectivity index (χ2v) is 6.93. The van der Waals surface area contributed by atoms with Gasteiger partial charge in [0.25, 0.3) is 0 Å². The van der Waals surface area contributed by atoms with Gasteiger partial charge in [-0.15, -0.1) is 0 Å². The molecule has 1 fully saturated rings. The van der Waals surface area contributed by atoms with E-state index in [1.807, 2.05) is 0 Å². The molecule has 5 atom stereocenters. The number of hydrogen-bond acceptors (Lipinski definition) is 10. The summed E-state index contributed by atoms with van der Waals surface area (Å²) >= 11 is 0. The number of hydrogen-bond donors (Lipinski definition) is 5. The quantitative estimate of drug-likeness (QED) is 0.367. The lowest BCUT2D eigenvalue weighted by Crippen LogP contribution is -2.72. The molecule has 3 heterocycles. The summed E-state index contributed by atoms with van der Waals surface area (Å²) in [5.74, 6) is -1.62. The third-order valence-electron chi connectivity index (χ3n) is 5.26. The molecule has 0 aliphatic carbocycles. The Morgan fingerprint density at radius 3 is 2.68 bits per heavy atom.